The van der Waals surface area contributed by atoms with Crippen molar-refractivity contribution in [2.45, 2.75) is 6.42 Å². The summed E-state index contributed by atoms with van der Waals surface area (Å²) < 4.78 is 4.92. The molecule has 0 N–H and O–H groups in total. The van der Waals surface area contributed by atoms with Crippen LogP contribution in [0.5, 0.6) is 0 Å². The predicted molar refractivity (Wildman–Crippen MR) is 44.8 cm³/mol. The van der Waals surface area contributed by atoms with E-state index in [0.29, 0.717) is 5.15 Å². The standard InChI is InChI=1S/C8H10ClNO/c1-11-5-4-7-2-3-8(9)10-6-7/h2-3,6H,4-5H2,1H3. The molecule has 0 aliphatic heterocycles. The number of halogens is 1. The highest BCUT2D eigenvalue weighted by Gasteiger charge is 1.92. The van der Waals surface area contributed by atoms with E-state index in [1.807, 2.05) is 6.07 Å². The minimum Gasteiger partial charge on any atom is -0.384 e. The van der Waals surface area contributed by atoms with Gasteiger partial charge in [-0.05, 0) is 18.1 Å². The molecule has 1 aromatic heterocycles. The van der Waals surface area contributed by atoms with Crippen molar-refractivity contribution in [1.82, 2.24) is 4.98 Å². The number of ether oxygens (including phenoxy) is 1. The molecule has 2 nitrogen and oxygen atoms in total. The van der Waals surface area contributed by atoms with Gasteiger partial charge in [-0.25, -0.2) is 4.98 Å². The Hall–Kier alpha value is -0.600. The molecule has 0 saturated heterocycles. The molecule has 0 radical (unpaired) electrons. The summed E-state index contributed by atoms with van der Waals surface area (Å²) in [5, 5.41) is 0.533. The molecule has 1 rings (SSSR count). The number of methoxy groups -OCH3 is 1. The SMILES string of the molecule is COCCc1ccc(Cl)nc1. The van der Waals surface area contributed by atoms with Crippen molar-refractivity contribution < 1.29 is 4.74 Å². The van der Waals surface area contributed by atoms with Crippen LogP contribution in [0.4, 0.5) is 0 Å². The van der Waals surface area contributed by atoms with Crippen molar-refractivity contribution in [3.05, 3.63) is 29.0 Å². The highest BCUT2D eigenvalue weighted by molar-refractivity contribution is 6.29. The van der Waals surface area contributed by atoms with Gasteiger partial charge in [-0.1, -0.05) is 17.7 Å². The summed E-state index contributed by atoms with van der Waals surface area (Å²) in [6.45, 7) is 0.726. The van der Waals surface area contributed by atoms with Gasteiger partial charge >= 0.3 is 0 Å². The maximum Gasteiger partial charge on any atom is 0.129 e. The maximum atomic E-state index is 5.60. The lowest BCUT2D eigenvalue weighted by Gasteiger charge is -1.98. The third kappa shape index (κ3) is 2.87. The van der Waals surface area contributed by atoms with Crippen molar-refractivity contribution in [2.75, 3.05) is 13.7 Å². The number of rotatable bonds is 3. The second-order valence-corrected chi connectivity index (χ2v) is 2.62. The molecular weight excluding hydrogens is 162 g/mol. The van der Waals surface area contributed by atoms with Crippen LogP contribution in [0.15, 0.2) is 18.3 Å². The Bertz CT molecular complexity index is 210. The van der Waals surface area contributed by atoms with Crippen LogP contribution in [-0.4, -0.2) is 18.7 Å². The average Bonchev–Trinajstić information content (AvgIpc) is 2.04. The van der Waals surface area contributed by atoms with E-state index in [9.17, 15) is 0 Å². The van der Waals surface area contributed by atoms with Crippen LogP contribution in [0.2, 0.25) is 5.15 Å². The van der Waals surface area contributed by atoms with Crippen LogP contribution < -0.4 is 0 Å². The van der Waals surface area contributed by atoms with Gasteiger partial charge in [0.15, 0.2) is 0 Å². The van der Waals surface area contributed by atoms with Crippen LogP contribution in [0.3, 0.4) is 0 Å². The van der Waals surface area contributed by atoms with Gasteiger partial charge in [-0.3, -0.25) is 0 Å². The van der Waals surface area contributed by atoms with Crippen LogP contribution in [-0.2, 0) is 11.2 Å². The second kappa shape index (κ2) is 4.31. The van der Waals surface area contributed by atoms with Gasteiger partial charge in [0.1, 0.15) is 5.15 Å². The first kappa shape index (κ1) is 8.50. The van der Waals surface area contributed by atoms with Gasteiger partial charge in [0.2, 0.25) is 0 Å². The van der Waals surface area contributed by atoms with Gasteiger partial charge < -0.3 is 4.74 Å². The van der Waals surface area contributed by atoms with Crippen LogP contribution in [0.1, 0.15) is 5.56 Å². The highest BCUT2D eigenvalue weighted by Crippen LogP contribution is 2.05. The topological polar surface area (TPSA) is 22.1 Å². The lowest BCUT2D eigenvalue weighted by molar-refractivity contribution is 0.202. The average molecular weight is 172 g/mol. The van der Waals surface area contributed by atoms with E-state index in [0.717, 1.165) is 18.6 Å². The zero-order valence-corrected chi connectivity index (χ0v) is 7.14. The van der Waals surface area contributed by atoms with Gasteiger partial charge in [0.05, 0.1) is 6.61 Å². The monoisotopic (exact) mass is 171 g/mol. The molecule has 0 fully saturated rings. The third-order valence-electron chi connectivity index (χ3n) is 1.38. The molecule has 0 aliphatic carbocycles. The molecule has 1 aromatic rings. The first-order valence-electron chi connectivity index (χ1n) is 3.42. The molecule has 0 unspecified atom stereocenters. The van der Waals surface area contributed by atoms with Gasteiger partial charge in [-0.15, -0.1) is 0 Å². The van der Waals surface area contributed by atoms with E-state index >= 15 is 0 Å². The van der Waals surface area contributed by atoms with Crippen LogP contribution >= 0.6 is 11.6 Å². The number of hydrogen-bond donors (Lipinski definition) is 0. The summed E-state index contributed by atoms with van der Waals surface area (Å²) in [4.78, 5) is 3.94. The second-order valence-electron chi connectivity index (χ2n) is 2.23. The Balaban J connectivity index is 2.52. The fourth-order valence-electron chi connectivity index (χ4n) is 0.774. The van der Waals surface area contributed by atoms with Crippen LogP contribution in [0, 0.1) is 0 Å². The van der Waals surface area contributed by atoms with E-state index in [-0.39, 0.29) is 0 Å². The lowest BCUT2D eigenvalue weighted by Crippen LogP contribution is -1.94. The molecule has 0 aromatic carbocycles. The van der Waals surface area contributed by atoms with E-state index < -0.39 is 0 Å². The summed E-state index contributed by atoms with van der Waals surface area (Å²) in [6, 6.07) is 3.74. The smallest absolute Gasteiger partial charge is 0.129 e. The zero-order chi connectivity index (χ0) is 8.10. The summed E-state index contributed by atoms with van der Waals surface area (Å²) in [5.74, 6) is 0. The van der Waals surface area contributed by atoms with Crippen LogP contribution in [0.25, 0.3) is 0 Å². The van der Waals surface area contributed by atoms with Gasteiger partial charge in [0.25, 0.3) is 0 Å². The Labute approximate surface area is 71.2 Å². The van der Waals surface area contributed by atoms with Crippen molar-refractivity contribution in [3.63, 3.8) is 0 Å². The number of nitrogens with zero attached hydrogens (tertiary/aromatic N) is 1. The molecule has 11 heavy (non-hydrogen) atoms. The van der Waals surface area contributed by atoms with E-state index in [1.54, 1.807) is 19.4 Å². The molecule has 3 heteroatoms. The molecule has 0 amide bonds. The van der Waals surface area contributed by atoms with E-state index in [1.165, 1.54) is 0 Å². The molecule has 0 saturated carbocycles. The minimum absolute atomic E-state index is 0.533. The van der Waals surface area contributed by atoms with E-state index in [4.69, 9.17) is 16.3 Å². The molecule has 0 bridgehead atoms. The quantitative estimate of drug-likeness (QED) is 0.649. The summed E-state index contributed by atoms with van der Waals surface area (Å²) in [6.07, 6.45) is 2.65. The first-order chi connectivity index (χ1) is 5.33. The van der Waals surface area contributed by atoms with Crippen molar-refractivity contribution >= 4 is 11.6 Å². The Morgan fingerprint density at radius 2 is 2.36 bits per heavy atom. The summed E-state index contributed by atoms with van der Waals surface area (Å²) in [7, 11) is 1.68. The van der Waals surface area contributed by atoms with E-state index in [2.05, 4.69) is 4.98 Å². The van der Waals surface area contributed by atoms with Crippen molar-refractivity contribution in [2.24, 2.45) is 0 Å². The Morgan fingerprint density at radius 1 is 1.55 bits per heavy atom. The first-order valence-corrected chi connectivity index (χ1v) is 3.80. The van der Waals surface area contributed by atoms with Crippen molar-refractivity contribution in [1.29, 1.82) is 0 Å². The molecule has 60 valence electrons. The summed E-state index contributed by atoms with van der Waals surface area (Å²) >= 11 is 5.60. The predicted octanol–water partition coefficient (Wildman–Crippen LogP) is 1.92. The maximum absolute atomic E-state index is 5.60. The Morgan fingerprint density at radius 3 is 2.91 bits per heavy atom. The van der Waals surface area contributed by atoms with Gasteiger partial charge in [-0.2, -0.15) is 0 Å². The molecular formula is C8H10ClNO. The highest BCUT2D eigenvalue weighted by atomic mass is 35.5. The molecule has 0 aliphatic rings. The molecule has 1 heterocycles. The fourth-order valence-corrected chi connectivity index (χ4v) is 0.886. The number of aromatic nitrogens is 1. The summed E-state index contributed by atoms with van der Waals surface area (Å²) in [5.41, 5.74) is 1.15. The molecule has 0 spiro atoms. The van der Waals surface area contributed by atoms with Gasteiger partial charge in [0, 0.05) is 13.3 Å². The zero-order valence-electron chi connectivity index (χ0n) is 6.38. The number of pyridine rings is 1. The fraction of sp³-hybridized carbons (Fsp3) is 0.375. The third-order valence-corrected chi connectivity index (χ3v) is 1.61. The van der Waals surface area contributed by atoms with Crippen molar-refractivity contribution in [3.8, 4) is 0 Å². The Kier molecular flexibility index (Phi) is 3.33. The lowest BCUT2D eigenvalue weighted by atomic mass is 10.2. The number of hydrogen-bond acceptors (Lipinski definition) is 2. The molecule has 0 atom stereocenters. The largest absolute Gasteiger partial charge is 0.384 e. The minimum atomic E-state index is 0.533. The normalized spacial score (nSPS) is 10.0.